The number of fused-ring (bicyclic) bond motifs is 1. The van der Waals surface area contributed by atoms with E-state index in [0.29, 0.717) is 11.0 Å². The van der Waals surface area contributed by atoms with Crippen molar-refractivity contribution in [3.8, 4) is 0 Å². The van der Waals surface area contributed by atoms with Crippen LogP contribution in [-0.2, 0) is 5.54 Å². The minimum atomic E-state index is -0.282. The molecule has 0 radical (unpaired) electrons. The zero-order chi connectivity index (χ0) is 11.2. The molecule has 0 saturated heterocycles. The molecule has 2 heterocycles. The average Bonchev–Trinajstić information content (AvgIpc) is 2.54. The van der Waals surface area contributed by atoms with Gasteiger partial charge in [-0.15, -0.1) is 0 Å². The molecule has 0 saturated carbocycles. The Labute approximate surface area is 86.3 Å². The van der Waals surface area contributed by atoms with Crippen LogP contribution < -0.4 is 11.4 Å². The molecule has 0 amide bonds. The van der Waals surface area contributed by atoms with Crippen LogP contribution in [0.15, 0.2) is 17.3 Å². The predicted molar refractivity (Wildman–Crippen MR) is 56.9 cm³/mol. The van der Waals surface area contributed by atoms with Crippen LogP contribution in [-0.4, -0.2) is 19.4 Å². The molecule has 2 rings (SSSR count). The molecule has 0 aliphatic rings. The number of rotatable bonds is 0. The van der Waals surface area contributed by atoms with E-state index in [0.717, 1.165) is 4.68 Å². The second-order valence-corrected chi connectivity index (χ2v) is 4.42. The van der Waals surface area contributed by atoms with Crippen LogP contribution in [0.5, 0.6) is 0 Å². The molecule has 80 valence electrons. The molecule has 2 N–H and O–H groups in total. The van der Waals surface area contributed by atoms with Crippen LogP contribution in [0, 0.1) is 0 Å². The molecule has 0 spiro atoms. The number of nitrogens with zero attached hydrogens (tertiary/aromatic N) is 4. The van der Waals surface area contributed by atoms with Gasteiger partial charge in [0.25, 0.3) is 5.56 Å². The van der Waals surface area contributed by atoms with E-state index in [1.54, 1.807) is 4.68 Å². The van der Waals surface area contributed by atoms with Crippen molar-refractivity contribution >= 4 is 11.0 Å². The molecule has 15 heavy (non-hydrogen) atoms. The first kappa shape index (κ1) is 9.70. The van der Waals surface area contributed by atoms with Crippen LogP contribution in [0.4, 0.5) is 0 Å². The molecule has 0 bridgehead atoms. The molecule has 0 unspecified atom stereocenters. The minimum absolute atomic E-state index is 0.206. The number of hydrogen-bond donors (Lipinski definition) is 1. The van der Waals surface area contributed by atoms with Crippen LogP contribution in [0.25, 0.3) is 11.0 Å². The summed E-state index contributed by atoms with van der Waals surface area (Å²) in [6.45, 7) is 5.99. The van der Waals surface area contributed by atoms with Gasteiger partial charge in [-0.1, -0.05) is 0 Å². The molecule has 2 aromatic heterocycles. The third-order valence-corrected chi connectivity index (χ3v) is 2.15. The zero-order valence-corrected chi connectivity index (χ0v) is 8.93. The van der Waals surface area contributed by atoms with E-state index >= 15 is 0 Å². The summed E-state index contributed by atoms with van der Waals surface area (Å²) < 4.78 is 2.67. The molecule has 0 aliphatic heterocycles. The average molecular weight is 207 g/mol. The first-order chi connectivity index (χ1) is 6.91. The van der Waals surface area contributed by atoms with Gasteiger partial charge in [0, 0.05) is 0 Å². The van der Waals surface area contributed by atoms with E-state index in [4.69, 9.17) is 5.84 Å². The molecule has 2 aromatic rings. The third kappa shape index (κ3) is 1.38. The molecular formula is C9H13N5O. The lowest BCUT2D eigenvalue weighted by molar-refractivity contribution is 0.365. The summed E-state index contributed by atoms with van der Waals surface area (Å²) in [6.07, 6.45) is 2.80. The maximum Gasteiger partial charge on any atom is 0.282 e. The first-order valence-electron chi connectivity index (χ1n) is 4.62. The van der Waals surface area contributed by atoms with Gasteiger partial charge in [-0.25, -0.2) is 14.3 Å². The molecular weight excluding hydrogens is 194 g/mol. The van der Waals surface area contributed by atoms with Crippen molar-refractivity contribution in [1.29, 1.82) is 0 Å². The fraction of sp³-hybridized carbons (Fsp3) is 0.444. The molecule has 0 aliphatic carbocycles. The Morgan fingerprint density at radius 1 is 1.40 bits per heavy atom. The zero-order valence-electron chi connectivity index (χ0n) is 8.93. The summed E-state index contributed by atoms with van der Waals surface area (Å²) in [5.41, 5.74) is 0.0758. The monoisotopic (exact) mass is 207 g/mol. The highest BCUT2D eigenvalue weighted by Crippen LogP contribution is 2.17. The highest BCUT2D eigenvalue weighted by Gasteiger charge is 2.19. The highest BCUT2D eigenvalue weighted by molar-refractivity contribution is 5.73. The molecule has 6 nitrogen and oxygen atoms in total. The quantitative estimate of drug-likeness (QED) is 0.620. The van der Waals surface area contributed by atoms with Crippen LogP contribution >= 0.6 is 0 Å². The highest BCUT2D eigenvalue weighted by atomic mass is 16.1. The smallest absolute Gasteiger partial charge is 0.282 e. The van der Waals surface area contributed by atoms with Crippen LogP contribution in [0.2, 0.25) is 0 Å². The van der Waals surface area contributed by atoms with Gasteiger partial charge >= 0.3 is 0 Å². The van der Waals surface area contributed by atoms with E-state index < -0.39 is 0 Å². The lowest BCUT2D eigenvalue weighted by atomic mass is 10.1. The minimum Gasteiger partial charge on any atom is -0.335 e. The lowest BCUT2D eigenvalue weighted by Gasteiger charge is -2.19. The molecule has 0 atom stereocenters. The second kappa shape index (κ2) is 2.82. The van der Waals surface area contributed by atoms with Crippen molar-refractivity contribution in [3.63, 3.8) is 0 Å². The summed E-state index contributed by atoms with van der Waals surface area (Å²) in [4.78, 5) is 15.7. The lowest BCUT2D eigenvalue weighted by Crippen LogP contribution is -2.28. The van der Waals surface area contributed by atoms with Crippen molar-refractivity contribution in [1.82, 2.24) is 19.4 Å². The van der Waals surface area contributed by atoms with Gasteiger partial charge in [-0.3, -0.25) is 4.79 Å². The van der Waals surface area contributed by atoms with Crippen molar-refractivity contribution in [2.24, 2.45) is 0 Å². The Morgan fingerprint density at radius 3 is 2.67 bits per heavy atom. The summed E-state index contributed by atoms with van der Waals surface area (Å²) in [5.74, 6) is 5.41. The van der Waals surface area contributed by atoms with Gasteiger partial charge in [0.1, 0.15) is 11.7 Å². The van der Waals surface area contributed by atoms with Gasteiger partial charge in [-0.2, -0.15) is 5.10 Å². The van der Waals surface area contributed by atoms with E-state index in [9.17, 15) is 4.79 Å². The first-order valence-corrected chi connectivity index (χ1v) is 4.62. The van der Waals surface area contributed by atoms with Crippen molar-refractivity contribution < 1.29 is 0 Å². The second-order valence-electron chi connectivity index (χ2n) is 4.42. The molecule has 0 aromatic carbocycles. The van der Waals surface area contributed by atoms with Gasteiger partial charge in [-0.05, 0) is 20.8 Å². The Bertz CT molecular complexity index is 560. The Hall–Kier alpha value is -1.85. The standard InChI is InChI=1S/C9H13N5O/c1-9(2,3)14-7-6(4-12-14)8(15)13(10)5-11-7/h4-5H,10H2,1-3H3. The summed E-state index contributed by atoms with van der Waals surface area (Å²) in [6, 6.07) is 0. The summed E-state index contributed by atoms with van der Waals surface area (Å²) in [7, 11) is 0. The molecule has 0 fully saturated rings. The fourth-order valence-corrected chi connectivity index (χ4v) is 1.42. The maximum atomic E-state index is 11.6. The van der Waals surface area contributed by atoms with Gasteiger partial charge in [0.15, 0.2) is 5.65 Å². The molecule has 6 heteroatoms. The predicted octanol–water partition coefficient (Wildman–Crippen LogP) is 0.0618. The Balaban J connectivity index is 2.84. The van der Waals surface area contributed by atoms with Gasteiger partial charge in [0.2, 0.25) is 0 Å². The number of hydrogen-bond acceptors (Lipinski definition) is 4. The SMILES string of the molecule is CC(C)(C)n1ncc2c(=O)n(N)cnc21. The largest absolute Gasteiger partial charge is 0.335 e. The third-order valence-electron chi connectivity index (χ3n) is 2.15. The van der Waals surface area contributed by atoms with E-state index in [1.807, 2.05) is 20.8 Å². The van der Waals surface area contributed by atoms with Crippen molar-refractivity contribution in [3.05, 3.63) is 22.9 Å². The summed E-state index contributed by atoms with van der Waals surface area (Å²) >= 11 is 0. The van der Waals surface area contributed by atoms with Crippen LogP contribution in [0.1, 0.15) is 20.8 Å². The van der Waals surface area contributed by atoms with Gasteiger partial charge in [0.05, 0.1) is 11.7 Å². The Morgan fingerprint density at radius 2 is 2.07 bits per heavy atom. The number of nitrogen functional groups attached to an aromatic ring is 1. The van der Waals surface area contributed by atoms with E-state index in [2.05, 4.69) is 10.1 Å². The van der Waals surface area contributed by atoms with E-state index in [1.165, 1.54) is 12.5 Å². The van der Waals surface area contributed by atoms with Crippen LogP contribution in [0.3, 0.4) is 0 Å². The maximum absolute atomic E-state index is 11.6. The Kier molecular flexibility index (Phi) is 1.82. The fourth-order valence-electron chi connectivity index (χ4n) is 1.42. The normalized spacial score (nSPS) is 12.2. The van der Waals surface area contributed by atoms with E-state index in [-0.39, 0.29) is 11.1 Å². The summed E-state index contributed by atoms with van der Waals surface area (Å²) in [5, 5.41) is 4.59. The topological polar surface area (TPSA) is 78.7 Å². The number of nitrogens with two attached hydrogens (primary N) is 1. The number of aromatic nitrogens is 4. The van der Waals surface area contributed by atoms with Crippen molar-refractivity contribution in [2.75, 3.05) is 5.84 Å². The van der Waals surface area contributed by atoms with Crippen molar-refractivity contribution in [2.45, 2.75) is 26.3 Å². The van der Waals surface area contributed by atoms with Gasteiger partial charge < -0.3 is 5.84 Å².